The first-order chi connectivity index (χ1) is 17.9. The maximum absolute atomic E-state index is 13.7. The maximum atomic E-state index is 13.7. The van der Waals surface area contributed by atoms with Gasteiger partial charge in [0.15, 0.2) is 0 Å². The number of hydrogen-bond donors (Lipinski definition) is 2. The molecule has 4 rings (SSSR count). The number of carbonyl (C=O) groups excluding carboxylic acids is 1. The van der Waals surface area contributed by atoms with Crippen LogP contribution in [0.2, 0.25) is 0 Å². The zero-order chi connectivity index (χ0) is 27.5. The van der Waals surface area contributed by atoms with Crippen LogP contribution in [-0.4, -0.2) is 39.8 Å². The first-order valence-corrected chi connectivity index (χ1v) is 14.3. The predicted molar refractivity (Wildman–Crippen MR) is 147 cm³/mol. The van der Waals surface area contributed by atoms with Crippen molar-refractivity contribution in [2.75, 3.05) is 24.2 Å². The highest BCUT2D eigenvalue weighted by atomic mass is 32.2. The van der Waals surface area contributed by atoms with Gasteiger partial charge in [-0.15, -0.1) is 0 Å². The third kappa shape index (κ3) is 7.18. The van der Waals surface area contributed by atoms with Gasteiger partial charge in [0, 0.05) is 18.2 Å². The van der Waals surface area contributed by atoms with Crippen molar-refractivity contribution >= 4 is 21.6 Å². The SMILES string of the molecule is CN(c1cc2cc(c1)C(=O)NC(c1ccc(F)cc1)CCc1cccc(c1)CC(C)(N)COC2)S(C)(=O)=O. The zero-order valence-corrected chi connectivity index (χ0v) is 22.7. The molecule has 3 aromatic rings. The number of amides is 1. The van der Waals surface area contributed by atoms with E-state index in [1.807, 2.05) is 25.1 Å². The highest BCUT2D eigenvalue weighted by Gasteiger charge is 2.23. The van der Waals surface area contributed by atoms with E-state index >= 15 is 0 Å². The third-order valence-corrected chi connectivity index (χ3v) is 7.91. The van der Waals surface area contributed by atoms with E-state index in [2.05, 4.69) is 11.4 Å². The monoisotopic (exact) mass is 539 g/mol. The molecule has 0 fully saturated rings. The quantitative estimate of drug-likeness (QED) is 0.522. The van der Waals surface area contributed by atoms with Crippen molar-refractivity contribution in [3.8, 4) is 0 Å². The maximum Gasteiger partial charge on any atom is 0.251 e. The van der Waals surface area contributed by atoms with Gasteiger partial charge in [0.25, 0.3) is 5.91 Å². The van der Waals surface area contributed by atoms with E-state index < -0.39 is 21.6 Å². The number of nitrogens with two attached hydrogens (primary N) is 1. The van der Waals surface area contributed by atoms with Crippen LogP contribution in [0.5, 0.6) is 0 Å². The lowest BCUT2D eigenvalue weighted by Crippen LogP contribution is -2.43. The van der Waals surface area contributed by atoms with E-state index in [4.69, 9.17) is 10.5 Å². The molecular formula is C29H34FN3O4S. The van der Waals surface area contributed by atoms with Gasteiger partial charge in [-0.05, 0) is 78.8 Å². The largest absolute Gasteiger partial charge is 0.375 e. The highest BCUT2D eigenvalue weighted by Crippen LogP contribution is 2.25. The Bertz CT molecular complexity index is 1410. The molecule has 202 valence electrons. The fourth-order valence-electron chi connectivity index (χ4n) is 4.65. The van der Waals surface area contributed by atoms with Crippen molar-refractivity contribution in [1.82, 2.24) is 5.32 Å². The molecule has 2 unspecified atom stereocenters. The minimum atomic E-state index is -3.56. The van der Waals surface area contributed by atoms with E-state index in [1.165, 1.54) is 19.2 Å². The summed E-state index contributed by atoms with van der Waals surface area (Å²) in [5.74, 6) is -0.721. The number of nitrogens with one attached hydrogen (secondary N) is 1. The molecule has 0 saturated carbocycles. The van der Waals surface area contributed by atoms with Crippen molar-refractivity contribution in [2.45, 2.75) is 44.4 Å². The fourth-order valence-corrected chi connectivity index (χ4v) is 5.13. The lowest BCUT2D eigenvalue weighted by atomic mass is 9.92. The molecule has 0 aliphatic carbocycles. The zero-order valence-electron chi connectivity index (χ0n) is 21.9. The Hall–Kier alpha value is -3.27. The van der Waals surface area contributed by atoms with Gasteiger partial charge in [-0.1, -0.05) is 36.4 Å². The molecule has 4 bridgehead atoms. The molecule has 2 atom stereocenters. The summed E-state index contributed by atoms with van der Waals surface area (Å²) in [5, 5.41) is 3.08. The highest BCUT2D eigenvalue weighted by molar-refractivity contribution is 7.92. The van der Waals surface area contributed by atoms with Gasteiger partial charge in [0.2, 0.25) is 10.0 Å². The Balaban J connectivity index is 1.75. The second-order valence-corrected chi connectivity index (χ2v) is 12.4. The Kier molecular flexibility index (Phi) is 8.20. The molecule has 3 N–H and O–H groups in total. The van der Waals surface area contributed by atoms with Gasteiger partial charge in [0.05, 0.1) is 31.2 Å². The summed E-state index contributed by atoms with van der Waals surface area (Å²) in [6, 6.07) is 18.8. The molecular weight excluding hydrogens is 505 g/mol. The fraction of sp³-hybridized carbons (Fsp3) is 0.345. The average molecular weight is 540 g/mol. The van der Waals surface area contributed by atoms with E-state index in [0.29, 0.717) is 36.1 Å². The number of rotatable bonds is 3. The van der Waals surface area contributed by atoms with Crippen LogP contribution in [0.3, 0.4) is 0 Å². The van der Waals surface area contributed by atoms with Gasteiger partial charge in [0.1, 0.15) is 5.82 Å². The normalized spacial score (nSPS) is 21.0. The number of hydrogen-bond acceptors (Lipinski definition) is 5. The van der Waals surface area contributed by atoms with Gasteiger partial charge in [-0.3, -0.25) is 9.10 Å². The summed E-state index contributed by atoms with van der Waals surface area (Å²) in [5.41, 5.74) is 10.2. The van der Waals surface area contributed by atoms with Crippen molar-refractivity contribution in [3.63, 3.8) is 0 Å². The molecule has 0 radical (unpaired) electrons. The summed E-state index contributed by atoms with van der Waals surface area (Å²) >= 11 is 0. The van der Waals surface area contributed by atoms with E-state index in [0.717, 1.165) is 27.3 Å². The number of aryl methyl sites for hydroxylation is 1. The number of fused-ring (bicyclic) bond motifs is 4. The summed E-state index contributed by atoms with van der Waals surface area (Å²) in [6.07, 6.45) is 2.98. The van der Waals surface area contributed by atoms with Gasteiger partial charge >= 0.3 is 0 Å². The van der Waals surface area contributed by atoms with Gasteiger partial charge in [-0.25, -0.2) is 12.8 Å². The Morgan fingerprint density at radius 2 is 1.76 bits per heavy atom. The van der Waals surface area contributed by atoms with Gasteiger partial charge < -0.3 is 15.8 Å². The number of ether oxygens (including phenoxy) is 1. The topological polar surface area (TPSA) is 102 Å². The van der Waals surface area contributed by atoms with Crippen molar-refractivity contribution < 1.29 is 22.3 Å². The average Bonchev–Trinajstić information content (AvgIpc) is 2.85. The van der Waals surface area contributed by atoms with Crippen LogP contribution < -0.4 is 15.4 Å². The van der Waals surface area contributed by atoms with E-state index in [1.54, 1.807) is 30.3 Å². The van der Waals surface area contributed by atoms with Crippen molar-refractivity contribution in [2.24, 2.45) is 5.73 Å². The summed E-state index contributed by atoms with van der Waals surface area (Å²) in [4.78, 5) is 13.5. The molecule has 38 heavy (non-hydrogen) atoms. The minimum absolute atomic E-state index is 0.153. The summed E-state index contributed by atoms with van der Waals surface area (Å²) in [7, 11) is -2.12. The molecule has 0 saturated heterocycles. The van der Waals surface area contributed by atoms with Crippen LogP contribution in [0.15, 0.2) is 66.7 Å². The standard InChI is InChI=1S/C29H34FN3O4S/c1-29(31)17-21-6-4-5-20(13-21)7-12-27(23-8-10-25(30)11-9-23)32-28(34)24-14-22(18-37-19-29)15-26(16-24)33(2)38(3,35)36/h4-6,8-11,13-16,27H,7,12,17-19,31H2,1-3H3,(H,32,34). The number of halogens is 1. The van der Waals surface area contributed by atoms with Crippen molar-refractivity contribution in [1.29, 1.82) is 0 Å². The summed E-state index contributed by atoms with van der Waals surface area (Å²) < 4.78 is 45.2. The molecule has 1 amide bonds. The molecule has 1 aliphatic rings. The predicted octanol–water partition coefficient (Wildman–Crippen LogP) is 4.12. The number of nitrogens with zero attached hydrogens (tertiary/aromatic N) is 1. The van der Waals surface area contributed by atoms with E-state index in [-0.39, 0.29) is 24.9 Å². The van der Waals surface area contributed by atoms with Crippen LogP contribution in [0.25, 0.3) is 0 Å². The molecule has 0 aromatic heterocycles. The van der Waals surface area contributed by atoms with Crippen LogP contribution in [-0.2, 0) is 34.2 Å². The summed E-state index contributed by atoms with van der Waals surface area (Å²) in [6.45, 7) is 2.36. The first-order valence-electron chi connectivity index (χ1n) is 12.5. The van der Waals surface area contributed by atoms with Crippen LogP contribution >= 0.6 is 0 Å². The third-order valence-electron chi connectivity index (χ3n) is 6.70. The Labute approximate surface area is 223 Å². The number of carbonyl (C=O) groups is 1. The number of benzene rings is 3. The van der Waals surface area contributed by atoms with Crippen LogP contribution in [0.1, 0.15) is 52.0 Å². The second-order valence-electron chi connectivity index (χ2n) is 10.4. The minimum Gasteiger partial charge on any atom is -0.375 e. The molecule has 3 aromatic carbocycles. The smallest absolute Gasteiger partial charge is 0.251 e. The Morgan fingerprint density at radius 1 is 1.05 bits per heavy atom. The molecule has 9 heteroatoms. The lowest BCUT2D eigenvalue weighted by molar-refractivity contribution is 0.0789. The number of anilines is 1. The van der Waals surface area contributed by atoms with Crippen LogP contribution in [0, 0.1) is 5.82 Å². The molecule has 7 nitrogen and oxygen atoms in total. The molecule has 1 aliphatic heterocycles. The first kappa shape index (κ1) is 27.8. The molecule has 0 spiro atoms. The van der Waals surface area contributed by atoms with Crippen molar-refractivity contribution in [3.05, 3.63) is 100 Å². The molecule has 1 heterocycles. The lowest BCUT2D eigenvalue weighted by Gasteiger charge is -2.26. The van der Waals surface area contributed by atoms with Crippen LogP contribution in [0.4, 0.5) is 10.1 Å². The van der Waals surface area contributed by atoms with E-state index in [9.17, 15) is 17.6 Å². The Morgan fingerprint density at radius 3 is 2.47 bits per heavy atom. The number of sulfonamides is 1. The van der Waals surface area contributed by atoms with Gasteiger partial charge in [-0.2, -0.15) is 0 Å². The second kappa shape index (κ2) is 11.2.